The number of aromatic nitrogens is 1. The van der Waals surface area contributed by atoms with Crippen LogP contribution in [0.4, 0.5) is 13.2 Å². The topological polar surface area (TPSA) is 119 Å². The van der Waals surface area contributed by atoms with Gasteiger partial charge in [-0.2, -0.15) is 13.2 Å². The van der Waals surface area contributed by atoms with Crippen molar-refractivity contribution in [1.82, 2.24) is 4.98 Å². The summed E-state index contributed by atoms with van der Waals surface area (Å²) in [5, 5.41) is -0.677. The highest BCUT2D eigenvalue weighted by atomic mass is 32.2. The zero-order chi connectivity index (χ0) is 19.2. The van der Waals surface area contributed by atoms with Crippen molar-refractivity contribution in [2.45, 2.75) is 22.4 Å². The van der Waals surface area contributed by atoms with Crippen LogP contribution in [-0.2, 0) is 15.8 Å². The Bertz CT molecular complexity index is 921. The maximum Gasteiger partial charge on any atom is 0.416 e. The fourth-order valence-corrected chi connectivity index (χ4v) is 5.39. The molecule has 2 heterocycles. The number of benzene rings is 1. The van der Waals surface area contributed by atoms with Crippen molar-refractivity contribution in [1.29, 1.82) is 0 Å². The molecule has 2 amide bonds. The van der Waals surface area contributed by atoms with E-state index in [9.17, 15) is 27.6 Å². The number of amides is 2. The van der Waals surface area contributed by atoms with E-state index in [1.165, 1.54) is 12.1 Å². The molecular formula is C15H12F3N3O3S2. The largest absolute Gasteiger partial charge is 0.416 e. The molecule has 1 aliphatic rings. The van der Waals surface area contributed by atoms with Gasteiger partial charge >= 0.3 is 11.0 Å². The number of fused-ring (bicyclic) bond motifs is 1. The number of thiazole rings is 1. The first-order chi connectivity index (χ1) is 12.1. The molecule has 0 saturated carbocycles. The summed E-state index contributed by atoms with van der Waals surface area (Å²) < 4.78 is 38.4. The van der Waals surface area contributed by atoms with Crippen LogP contribution in [0, 0.1) is 5.92 Å². The smallest absolute Gasteiger partial charge is 0.369 e. The van der Waals surface area contributed by atoms with Gasteiger partial charge in [0, 0.05) is 10.8 Å². The Morgan fingerprint density at radius 3 is 2.19 bits per heavy atom. The first-order valence-corrected chi connectivity index (χ1v) is 8.94. The molecule has 2 aromatic rings. The van der Waals surface area contributed by atoms with Crippen molar-refractivity contribution >= 4 is 34.9 Å². The standard InChI is InChI=1S/C15H12F3N3O3S2/c16-15(17,18)6-3-1-5(2-4-6)7-8(11(19)22)9(12(20)23)25-13-10(7)26-14(24)21-13/h1-4,7-9H,(H2,19,22)(H2,20,23)(H,21,24). The third-order valence-electron chi connectivity index (χ3n) is 4.06. The van der Waals surface area contributed by atoms with Crippen LogP contribution in [0.25, 0.3) is 0 Å². The molecule has 1 aliphatic heterocycles. The second-order valence-electron chi connectivity index (χ2n) is 5.67. The summed E-state index contributed by atoms with van der Waals surface area (Å²) in [5.41, 5.74) is 10.3. The van der Waals surface area contributed by atoms with Gasteiger partial charge in [0.1, 0.15) is 5.25 Å². The van der Waals surface area contributed by atoms with Gasteiger partial charge in [-0.05, 0) is 17.7 Å². The van der Waals surface area contributed by atoms with Gasteiger partial charge in [-0.1, -0.05) is 35.2 Å². The van der Waals surface area contributed by atoms with E-state index in [2.05, 4.69) is 4.98 Å². The third-order valence-corrected chi connectivity index (χ3v) is 6.49. The monoisotopic (exact) mass is 403 g/mol. The molecule has 6 nitrogen and oxygen atoms in total. The molecular weight excluding hydrogens is 391 g/mol. The minimum absolute atomic E-state index is 0.338. The van der Waals surface area contributed by atoms with Crippen LogP contribution in [0.2, 0.25) is 0 Å². The number of alkyl halides is 3. The Kier molecular flexibility index (Phi) is 4.61. The molecule has 1 aromatic carbocycles. The minimum Gasteiger partial charge on any atom is -0.369 e. The van der Waals surface area contributed by atoms with E-state index in [0.29, 0.717) is 15.5 Å². The number of hydrogen-bond donors (Lipinski definition) is 3. The van der Waals surface area contributed by atoms with E-state index in [4.69, 9.17) is 11.5 Å². The summed E-state index contributed by atoms with van der Waals surface area (Å²) in [4.78, 5) is 38.2. The highest BCUT2D eigenvalue weighted by Crippen LogP contribution is 2.49. The Balaban J connectivity index is 2.16. The minimum atomic E-state index is -4.51. The summed E-state index contributed by atoms with van der Waals surface area (Å²) in [6, 6.07) is 4.18. The molecule has 5 N–H and O–H groups in total. The lowest BCUT2D eigenvalue weighted by molar-refractivity contribution is -0.137. The van der Waals surface area contributed by atoms with Crippen LogP contribution in [-0.4, -0.2) is 22.0 Å². The van der Waals surface area contributed by atoms with E-state index in [-0.39, 0.29) is 0 Å². The lowest BCUT2D eigenvalue weighted by Gasteiger charge is -2.33. The molecule has 0 aliphatic carbocycles. The fourth-order valence-electron chi connectivity index (χ4n) is 2.94. The number of carbonyl (C=O) groups is 2. The number of aromatic amines is 1. The molecule has 3 atom stereocenters. The van der Waals surface area contributed by atoms with Crippen LogP contribution in [0.1, 0.15) is 21.9 Å². The van der Waals surface area contributed by atoms with Gasteiger partial charge in [-0.25, -0.2) is 0 Å². The zero-order valence-corrected chi connectivity index (χ0v) is 14.5. The van der Waals surface area contributed by atoms with Gasteiger partial charge in [-0.3, -0.25) is 14.4 Å². The average molecular weight is 403 g/mol. The molecule has 11 heteroatoms. The van der Waals surface area contributed by atoms with Crippen LogP contribution >= 0.6 is 23.1 Å². The van der Waals surface area contributed by atoms with Gasteiger partial charge in [0.25, 0.3) is 0 Å². The number of nitrogens with one attached hydrogen (secondary N) is 1. The molecule has 1 aromatic heterocycles. The summed E-state index contributed by atoms with van der Waals surface area (Å²) in [6.07, 6.45) is -4.51. The van der Waals surface area contributed by atoms with E-state index < -0.39 is 45.5 Å². The van der Waals surface area contributed by atoms with Crippen LogP contribution < -0.4 is 16.3 Å². The van der Waals surface area contributed by atoms with E-state index in [1.807, 2.05) is 0 Å². The Morgan fingerprint density at radius 2 is 1.69 bits per heavy atom. The molecule has 3 unspecified atom stereocenters. The van der Waals surface area contributed by atoms with Gasteiger partial charge < -0.3 is 16.5 Å². The Hall–Kier alpha value is -2.27. The van der Waals surface area contributed by atoms with Gasteiger partial charge in [0.05, 0.1) is 16.5 Å². The maximum absolute atomic E-state index is 12.8. The number of carbonyl (C=O) groups excluding carboxylic acids is 2. The number of H-pyrrole nitrogens is 1. The lowest BCUT2D eigenvalue weighted by atomic mass is 9.81. The molecule has 0 bridgehead atoms. The van der Waals surface area contributed by atoms with E-state index >= 15 is 0 Å². The third kappa shape index (κ3) is 3.23. The van der Waals surface area contributed by atoms with Crippen molar-refractivity contribution in [2.75, 3.05) is 0 Å². The summed E-state index contributed by atoms with van der Waals surface area (Å²) >= 11 is 1.75. The quantitative estimate of drug-likeness (QED) is 0.722. The van der Waals surface area contributed by atoms with Crippen LogP contribution in [0.15, 0.2) is 34.1 Å². The summed E-state index contributed by atoms with van der Waals surface area (Å²) in [7, 11) is 0. The molecule has 3 rings (SSSR count). The van der Waals surface area contributed by atoms with Gasteiger partial charge in [0.2, 0.25) is 11.8 Å². The second-order valence-corrected chi connectivity index (χ2v) is 7.84. The molecule has 0 saturated heterocycles. The normalized spacial score (nSPS) is 22.7. The molecule has 0 radical (unpaired) electrons. The van der Waals surface area contributed by atoms with Crippen molar-refractivity contribution in [2.24, 2.45) is 17.4 Å². The SMILES string of the molecule is NC(=O)C1Sc2[nH]c(=O)sc2C(c2ccc(C(F)(F)F)cc2)C1C(N)=O. The van der Waals surface area contributed by atoms with E-state index in [0.717, 1.165) is 35.2 Å². The Morgan fingerprint density at radius 1 is 1.08 bits per heavy atom. The van der Waals surface area contributed by atoms with Crippen LogP contribution in [0.5, 0.6) is 0 Å². The number of hydrogen-bond acceptors (Lipinski definition) is 5. The average Bonchev–Trinajstić information content (AvgIpc) is 2.92. The molecule has 0 spiro atoms. The maximum atomic E-state index is 12.8. The van der Waals surface area contributed by atoms with Crippen molar-refractivity contribution < 1.29 is 22.8 Å². The van der Waals surface area contributed by atoms with E-state index in [1.54, 1.807) is 0 Å². The first kappa shape index (κ1) is 18.5. The summed E-state index contributed by atoms with van der Waals surface area (Å²) in [6.45, 7) is 0. The summed E-state index contributed by atoms with van der Waals surface area (Å²) in [5.74, 6) is -3.55. The van der Waals surface area contributed by atoms with Crippen molar-refractivity contribution in [3.8, 4) is 0 Å². The predicted molar refractivity (Wildman–Crippen MR) is 89.8 cm³/mol. The first-order valence-electron chi connectivity index (χ1n) is 7.25. The van der Waals surface area contributed by atoms with Crippen molar-refractivity contribution in [3.05, 3.63) is 49.9 Å². The number of nitrogens with two attached hydrogens (primary N) is 2. The highest BCUT2D eigenvalue weighted by Gasteiger charge is 2.46. The molecule has 0 fully saturated rings. The number of halogens is 3. The fraction of sp³-hybridized carbons (Fsp3) is 0.267. The number of thioether (sulfide) groups is 1. The number of rotatable bonds is 3. The predicted octanol–water partition coefficient (Wildman–Crippen LogP) is 1.65. The number of primary amides is 2. The second kappa shape index (κ2) is 6.47. The molecule has 138 valence electrons. The van der Waals surface area contributed by atoms with Crippen molar-refractivity contribution in [3.63, 3.8) is 0 Å². The van der Waals surface area contributed by atoms with Gasteiger partial charge in [0.15, 0.2) is 0 Å². The molecule has 26 heavy (non-hydrogen) atoms. The van der Waals surface area contributed by atoms with Crippen LogP contribution in [0.3, 0.4) is 0 Å². The highest BCUT2D eigenvalue weighted by molar-refractivity contribution is 8.00. The Labute approximate surface area is 152 Å². The zero-order valence-electron chi connectivity index (χ0n) is 12.9. The van der Waals surface area contributed by atoms with Gasteiger partial charge in [-0.15, -0.1) is 0 Å². The lowest BCUT2D eigenvalue weighted by Crippen LogP contribution is -2.45.